The first kappa shape index (κ1) is 23.6. The van der Waals surface area contributed by atoms with Gasteiger partial charge < -0.3 is 15.1 Å². The van der Waals surface area contributed by atoms with Crippen LogP contribution >= 0.6 is 0 Å². The van der Waals surface area contributed by atoms with Gasteiger partial charge in [-0.3, -0.25) is 9.52 Å². The van der Waals surface area contributed by atoms with Gasteiger partial charge in [-0.2, -0.15) is 0 Å². The lowest BCUT2D eigenvalue weighted by Gasteiger charge is -2.32. The van der Waals surface area contributed by atoms with E-state index in [1.807, 2.05) is 36.1 Å². The molecule has 0 radical (unpaired) electrons. The molecule has 2 saturated heterocycles. The van der Waals surface area contributed by atoms with Crippen LogP contribution in [0.5, 0.6) is 0 Å². The first-order valence-electron chi connectivity index (χ1n) is 11.7. The maximum Gasteiger partial charge on any atom is 0.262 e. The Morgan fingerprint density at radius 2 is 1.70 bits per heavy atom. The largest absolute Gasteiger partial charge is 0.367 e. The quantitative estimate of drug-likeness (QED) is 0.700. The number of anilines is 2. The molecule has 2 fully saturated rings. The fourth-order valence-corrected chi connectivity index (χ4v) is 5.92. The van der Waals surface area contributed by atoms with E-state index in [2.05, 4.69) is 21.9 Å². The third-order valence-electron chi connectivity index (χ3n) is 6.65. The number of carbonyl (C=O) groups excluding carboxylic acids is 1. The molecule has 0 unspecified atom stereocenters. The van der Waals surface area contributed by atoms with Crippen molar-refractivity contribution in [3.63, 3.8) is 0 Å². The van der Waals surface area contributed by atoms with Crippen molar-refractivity contribution in [2.45, 2.75) is 38.5 Å². The highest BCUT2D eigenvalue weighted by molar-refractivity contribution is 7.92. The lowest BCUT2D eigenvalue weighted by Crippen LogP contribution is -2.44. The number of aryl methyl sites for hydroxylation is 2. The Bertz CT molecular complexity index is 1120. The second-order valence-corrected chi connectivity index (χ2v) is 11.0. The van der Waals surface area contributed by atoms with E-state index in [9.17, 15) is 13.2 Å². The zero-order valence-corrected chi connectivity index (χ0v) is 20.5. The standard InChI is InChI=1S/C25H34N4O3S/c1-18-8-12-29(13-9-18)25(30)21-6-7-23(28-14-10-26-11-15-28)22(17-21)27-33(31,32)24-16-19(2)4-5-20(24)3/h4-7,16-18,26-27H,8-15H2,1-3H3. The van der Waals surface area contributed by atoms with Crippen molar-refractivity contribution >= 4 is 27.3 Å². The number of rotatable bonds is 5. The number of benzene rings is 2. The highest BCUT2D eigenvalue weighted by Gasteiger charge is 2.25. The van der Waals surface area contributed by atoms with Gasteiger partial charge >= 0.3 is 0 Å². The number of piperazine rings is 1. The Kier molecular flexibility index (Phi) is 6.95. The molecule has 2 aromatic rings. The van der Waals surface area contributed by atoms with Crippen molar-refractivity contribution in [1.82, 2.24) is 10.2 Å². The molecule has 2 aliphatic heterocycles. The van der Waals surface area contributed by atoms with Gasteiger partial charge in [-0.1, -0.05) is 19.1 Å². The summed E-state index contributed by atoms with van der Waals surface area (Å²) in [4.78, 5) is 17.5. The van der Waals surface area contributed by atoms with Crippen molar-refractivity contribution in [1.29, 1.82) is 0 Å². The molecule has 0 bridgehead atoms. The predicted octanol–water partition coefficient (Wildman–Crippen LogP) is 3.39. The molecule has 2 N–H and O–H groups in total. The molecular formula is C25H34N4O3S. The van der Waals surface area contributed by atoms with Crippen LogP contribution in [0.15, 0.2) is 41.3 Å². The number of nitrogens with zero attached hydrogens (tertiary/aromatic N) is 2. The van der Waals surface area contributed by atoms with Gasteiger partial charge in [-0.15, -0.1) is 0 Å². The van der Waals surface area contributed by atoms with Crippen LogP contribution in [0.3, 0.4) is 0 Å². The van der Waals surface area contributed by atoms with E-state index in [-0.39, 0.29) is 10.8 Å². The van der Waals surface area contributed by atoms with Gasteiger partial charge in [0.2, 0.25) is 0 Å². The average Bonchev–Trinajstić information content (AvgIpc) is 2.81. The molecule has 8 heteroatoms. The smallest absolute Gasteiger partial charge is 0.262 e. The van der Waals surface area contributed by atoms with Crippen molar-refractivity contribution in [3.05, 3.63) is 53.1 Å². The number of amides is 1. The van der Waals surface area contributed by atoms with Crippen LogP contribution in [0.2, 0.25) is 0 Å². The molecule has 0 aliphatic carbocycles. The number of hydrogen-bond acceptors (Lipinski definition) is 5. The molecule has 0 saturated carbocycles. The van der Waals surface area contributed by atoms with Crippen LogP contribution in [0.25, 0.3) is 0 Å². The number of likely N-dealkylation sites (tertiary alicyclic amines) is 1. The van der Waals surface area contributed by atoms with Crippen molar-refractivity contribution in [2.75, 3.05) is 48.9 Å². The molecule has 0 atom stereocenters. The number of sulfonamides is 1. The van der Waals surface area contributed by atoms with Crippen molar-refractivity contribution < 1.29 is 13.2 Å². The third kappa shape index (κ3) is 5.33. The number of hydrogen-bond donors (Lipinski definition) is 2. The summed E-state index contributed by atoms with van der Waals surface area (Å²) in [5.74, 6) is 0.588. The summed E-state index contributed by atoms with van der Waals surface area (Å²) in [6.07, 6.45) is 1.99. The molecule has 1 amide bonds. The number of nitrogens with one attached hydrogen (secondary N) is 2. The summed E-state index contributed by atoms with van der Waals surface area (Å²) in [7, 11) is -3.82. The zero-order chi connectivity index (χ0) is 23.6. The number of carbonyl (C=O) groups is 1. The molecule has 33 heavy (non-hydrogen) atoms. The van der Waals surface area contributed by atoms with Crippen LogP contribution in [0.4, 0.5) is 11.4 Å². The summed E-state index contributed by atoms with van der Waals surface area (Å²) >= 11 is 0. The third-order valence-corrected chi connectivity index (χ3v) is 8.16. The van der Waals surface area contributed by atoms with Gasteiger partial charge in [0.15, 0.2) is 0 Å². The van der Waals surface area contributed by atoms with Gasteiger partial charge in [0.25, 0.3) is 15.9 Å². The highest BCUT2D eigenvalue weighted by Crippen LogP contribution is 2.31. The van der Waals surface area contributed by atoms with Crippen molar-refractivity contribution in [2.24, 2.45) is 5.92 Å². The van der Waals surface area contributed by atoms with Gasteiger partial charge in [-0.25, -0.2) is 8.42 Å². The molecule has 4 rings (SSSR count). The molecule has 2 heterocycles. The molecule has 2 aliphatic rings. The number of piperidine rings is 1. The second kappa shape index (κ2) is 9.73. The van der Waals surface area contributed by atoms with Gasteiger partial charge in [-0.05, 0) is 68.0 Å². The molecule has 7 nitrogen and oxygen atoms in total. The minimum Gasteiger partial charge on any atom is -0.367 e. The normalized spacial score (nSPS) is 17.8. The fraction of sp³-hybridized carbons (Fsp3) is 0.480. The molecule has 0 spiro atoms. The van der Waals surface area contributed by atoms with Gasteiger partial charge in [0, 0.05) is 44.8 Å². The molecule has 0 aromatic heterocycles. The fourth-order valence-electron chi connectivity index (χ4n) is 4.52. The lowest BCUT2D eigenvalue weighted by atomic mass is 9.98. The lowest BCUT2D eigenvalue weighted by molar-refractivity contribution is 0.0697. The molecular weight excluding hydrogens is 436 g/mol. The minimum absolute atomic E-state index is 0.0408. The Labute approximate surface area is 197 Å². The van der Waals surface area contributed by atoms with E-state index in [0.717, 1.165) is 63.4 Å². The van der Waals surface area contributed by atoms with Crippen LogP contribution in [-0.4, -0.2) is 58.5 Å². The van der Waals surface area contributed by atoms with E-state index in [1.165, 1.54) is 0 Å². The SMILES string of the molecule is Cc1ccc(C)c(S(=O)(=O)Nc2cc(C(=O)N3CCC(C)CC3)ccc2N2CCNCC2)c1. The minimum atomic E-state index is -3.82. The molecule has 178 valence electrons. The second-order valence-electron chi connectivity index (χ2n) is 9.32. The van der Waals surface area contributed by atoms with Gasteiger partial charge in [0.05, 0.1) is 16.3 Å². The van der Waals surface area contributed by atoms with E-state index in [1.54, 1.807) is 19.1 Å². The average molecular weight is 471 g/mol. The highest BCUT2D eigenvalue weighted by atomic mass is 32.2. The van der Waals surface area contributed by atoms with Crippen LogP contribution in [-0.2, 0) is 10.0 Å². The van der Waals surface area contributed by atoms with Crippen molar-refractivity contribution in [3.8, 4) is 0 Å². The Balaban J connectivity index is 1.69. The van der Waals surface area contributed by atoms with E-state index >= 15 is 0 Å². The Morgan fingerprint density at radius 1 is 1.00 bits per heavy atom. The predicted molar refractivity (Wildman–Crippen MR) is 133 cm³/mol. The Hall–Kier alpha value is -2.58. The van der Waals surface area contributed by atoms with Crippen LogP contribution in [0.1, 0.15) is 41.3 Å². The topological polar surface area (TPSA) is 81.8 Å². The molecule has 2 aromatic carbocycles. The van der Waals surface area contributed by atoms with E-state index in [4.69, 9.17) is 0 Å². The maximum atomic E-state index is 13.4. The summed E-state index contributed by atoms with van der Waals surface area (Å²) in [6.45, 7) is 10.6. The summed E-state index contributed by atoms with van der Waals surface area (Å²) in [5.41, 5.74) is 3.34. The summed E-state index contributed by atoms with van der Waals surface area (Å²) < 4.78 is 29.6. The summed E-state index contributed by atoms with van der Waals surface area (Å²) in [5, 5.41) is 3.33. The monoisotopic (exact) mass is 470 g/mol. The van der Waals surface area contributed by atoms with Gasteiger partial charge in [0.1, 0.15) is 0 Å². The van der Waals surface area contributed by atoms with Crippen LogP contribution in [0, 0.1) is 19.8 Å². The maximum absolute atomic E-state index is 13.4. The summed E-state index contributed by atoms with van der Waals surface area (Å²) in [6, 6.07) is 10.8. The van der Waals surface area contributed by atoms with E-state index in [0.29, 0.717) is 22.7 Å². The van der Waals surface area contributed by atoms with Crippen LogP contribution < -0.4 is 14.9 Å². The first-order valence-corrected chi connectivity index (χ1v) is 13.2. The zero-order valence-electron chi connectivity index (χ0n) is 19.7. The Morgan fingerprint density at radius 3 is 2.39 bits per heavy atom. The van der Waals surface area contributed by atoms with E-state index < -0.39 is 10.0 Å². The first-order chi connectivity index (χ1) is 15.7.